The van der Waals surface area contributed by atoms with E-state index in [0.717, 1.165) is 6.42 Å². The van der Waals surface area contributed by atoms with Gasteiger partial charge in [-0.05, 0) is 27.2 Å². The zero-order chi connectivity index (χ0) is 13.9. The van der Waals surface area contributed by atoms with Crippen LogP contribution in [0.15, 0.2) is 11.1 Å². The topological polar surface area (TPSA) is 61.2 Å². The fourth-order valence-electron chi connectivity index (χ4n) is 1.32. The summed E-state index contributed by atoms with van der Waals surface area (Å²) in [4.78, 5) is 0.0289. The van der Waals surface area contributed by atoms with Crippen molar-refractivity contribution in [1.82, 2.24) is 9.78 Å². The monoisotopic (exact) mass is 294 g/mol. The second-order valence-corrected chi connectivity index (χ2v) is 7.02. The number of ether oxygens (including phenoxy) is 1. The van der Waals surface area contributed by atoms with Gasteiger partial charge in [-0.2, -0.15) is 5.10 Å². The van der Waals surface area contributed by atoms with Gasteiger partial charge in [0.15, 0.2) is 0 Å². The molecule has 1 rings (SSSR count). The van der Waals surface area contributed by atoms with E-state index >= 15 is 0 Å². The van der Waals surface area contributed by atoms with Gasteiger partial charge in [0.25, 0.3) is 9.05 Å². The van der Waals surface area contributed by atoms with E-state index in [1.54, 1.807) is 4.68 Å². The lowest BCUT2D eigenvalue weighted by Gasteiger charge is -2.09. The fraction of sp³-hybridized carbons (Fsp3) is 0.727. The molecule has 1 aromatic heterocycles. The van der Waals surface area contributed by atoms with Crippen LogP contribution in [-0.2, 0) is 20.4 Å². The Kier molecular flexibility index (Phi) is 5.19. The van der Waals surface area contributed by atoms with E-state index in [2.05, 4.69) is 5.10 Å². The Labute approximate surface area is 113 Å². The van der Waals surface area contributed by atoms with E-state index in [9.17, 15) is 8.42 Å². The molecule has 1 atom stereocenters. The molecule has 5 nitrogen and oxygen atoms in total. The highest BCUT2D eigenvalue weighted by molar-refractivity contribution is 8.13. The number of hydrogen-bond donors (Lipinski definition) is 0. The predicted octanol–water partition coefficient (Wildman–Crippen LogP) is 2.71. The van der Waals surface area contributed by atoms with Crippen LogP contribution in [0.2, 0.25) is 0 Å². The summed E-state index contributed by atoms with van der Waals surface area (Å²) in [6.45, 7) is 7.90. The lowest BCUT2D eigenvalue weighted by atomic mass is 10.3. The van der Waals surface area contributed by atoms with Gasteiger partial charge in [0.05, 0.1) is 12.7 Å². The molecule has 1 aromatic rings. The van der Waals surface area contributed by atoms with Crippen LogP contribution in [0.5, 0.6) is 0 Å². The van der Waals surface area contributed by atoms with Crippen LogP contribution in [0, 0.1) is 0 Å². The van der Waals surface area contributed by atoms with Gasteiger partial charge < -0.3 is 4.74 Å². The third-order valence-electron chi connectivity index (χ3n) is 2.64. The molecule has 104 valence electrons. The number of aromatic nitrogens is 2. The molecular formula is C11H19ClN2O3S. The van der Waals surface area contributed by atoms with Gasteiger partial charge in [-0.25, -0.2) is 8.42 Å². The first-order valence-corrected chi connectivity index (χ1v) is 8.21. The highest BCUT2D eigenvalue weighted by Gasteiger charge is 2.21. The summed E-state index contributed by atoms with van der Waals surface area (Å²) in [5, 5.41) is 4.21. The summed E-state index contributed by atoms with van der Waals surface area (Å²) >= 11 is 0. The van der Waals surface area contributed by atoms with Crippen molar-refractivity contribution in [3.05, 3.63) is 11.9 Å². The Hall–Kier alpha value is -0.590. The summed E-state index contributed by atoms with van der Waals surface area (Å²) in [6.07, 6.45) is 2.36. The molecule has 18 heavy (non-hydrogen) atoms. The van der Waals surface area contributed by atoms with Gasteiger partial charge in [0, 0.05) is 22.9 Å². The maximum atomic E-state index is 11.5. The van der Waals surface area contributed by atoms with Crippen LogP contribution in [0.3, 0.4) is 0 Å². The van der Waals surface area contributed by atoms with Crippen LogP contribution >= 0.6 is 10.7 Å². The lowest BCUT2D eigenvalue weighted by molar-refractivity contribution is 0.0473. The number of hydrogen-bond acceptors (Lipinski definition) is 4. The molecule has 0 unspecified atom stereocenters. The standard InChI is InChI=1S/C11H19ClN2O3S/c1-5-9(4)17-7-10-11(18(12,15)16)6-14(13-10)8(2)3/h6,8-9H,5,7H2,1-4H3/t9-/m0/s1. The molecule has 0 aliphatic carbocycles. The predicted molar refractivity (Wildman–Crippen MR) is 70.2 cm³/mol. The Morgan fingerprint density at radius 2 is 2.06 bits per heavy atom. The van der Waals surface area contributed by atoms with E-state index in [0.29, 0.717) is 5.69 Å². The number of nitrogens with zero attached hydrogens (tertiary/aromatic N) is 2. The molecule has 1 heterocycles. The summed E-state index contributed by atoms with van der Waals surface area (Å²) < 4.78 is 30.0. The van der Waals surface area contributed by atoms with Gasteiger partial charge in [0.1, 0.15) is 10.6 Å². The van der Waals surface area contributed by atoms with Gasteiger partial charge >= 0.3 is 0 Å². The van der Waals surface area contributed by atoms with E-state index in [1.807, 2.05) is 27.7 Å². The maximum Gasteiger partial charge on any atom is 0.264 e. The Bertz CT molecular complexity index is 496. The molecule has 0 aromatic carbocycles. The summed E-state index contributed by atoms with van der Waals surface area (Å²) in [6, 6.07) is 0.0690. The highest BCUT2D eigenvalue weighted by atomic mass is 35.7. The zero-order valence-corrected chi connectivity index (χ0v) is 12.6. The average Bonchev–Trinajstić information content (AvgIpc) is 2.69. The molecule has 0 aliphatic rings. The van der Waals surface area contributed by atoms with Crippen molar-refractivity contribution in [2.24, 2.45) is 0 Å². The van der Waals surface area contributed by atoms with Crippen molar-refractivity contribution < 1.29 is 13.2 Å². The van der Waals surface area contributed by atoms with Gasteiger partial charge in [-0.1, -0.05) is 6.92 Å². The molecule has 0 radical (unpaired) electrons. The number of rotatable bonds is 6. The quantitative estimate of drug-likeness (QED) is 0.757. The van der Waals surface area contributed by atoms with Gasteiger partial charge in [-0.15, -0.1) is 0 Å². The molecule has 0 amide bonds. The Morgan fingerprint density at radius 1 is 1.44 bits per heavy atom. The van der Waals surface area contributed by atoms with E-state index in [4.69, 9.17) is 15.4 Å². The van der Waals surface area contributed by atoms with Crippen molar-refractivity contribution >= 4 is 19.7 Å². The van der Waals surface area contributed by atoms with Gasteiger partial charge in [-0.3, -0.25) is 4.68 Å². The Morgan fingerprint density at radius 3 is 2.50 bits per heavy atom. The molecule has 0 aliphatic heterocycles. The van der Waals surface area contributed by atoms with E-state index < -0.39 is 9.05 Å². The van der Waals surface area contributed by atoms with Crippen LogP contribution in [0.25, 0.3) is 0 Å². The minimum Gasteiger partial charge on any atom is -0.372 e. The van der Waals surface area contributed by atoms with Crippen LogP contribution in [-0.4, -0.2) is 24.3 Å². The molecule has 0 bridgehead atoms. The minimum absolute atomic E-state index is 0.0289. The highest BCUT2D eigenvalue weighted by Crippen LogP contribution is 2.22. The molecule has 0 saturated carbocycles. The largest absolute Gasteiger partial charge is 0.372 e. The first-order chi connectivity index (χ1) is 8.25. The van der Waals surface area contributed by atoms with Crippen LogP contribution < -0.4 is 0 Å². The van der Waals surface area contributed by atoms with Crippen molar-refractivity contribution in [3.63, 3.8) is 0 Å². The second-order valence-electron chi connectivity index (χ2n) is 4.48. The normalized spacial score (nSPS) is 14.1. The van der Waals surface area contributed by atoms with Crippen LogP contribution in [0.4, 0.5) is 0 Å². The maximum absolute atomic E-state index is 11.5. The first-order valence-electron chi connectivity index (χ1n) is 5.90. The van der Waals surface area contributed by atoms with Gasteiger partial charge in [0.2, 0.25) is 0 Å². The SMILES string of the molecule is CC[C@H](C)OCc1nn(C(C)C)cc1S(=O)(=O)Cl. The molecule has 0 saturated heterocycles. The third-order valence-corrected chi connectivity index (χ3v) is 4.01. The van der Waals surface area contributed by atoms with Crippen molar-refractivity contribution in [3.8, 4) is 0 Å². The zero-order valence-electron chi connectivity index (χ0n) is 11.1. The molecule has 0 N–H and O–H groups in total. The number of halogens is 1. The molecule has 0 spiro atoms. The molecular weight excluding hydrogens is 276 g/mol. The average molecular weight is 295 g/mol. The smallest absolute Gasteiger partial charge is 0.264 e. The van der Waals surface area contributed by atoms with E-state index in [-0.39, 0.29) is 23.6 Å². The summed E-state index contributed by atoms with van der Waals surface area (Å²) in [5.41, 5.74) is 0.360. The summed E-state index contributed by atoms with van der Waals surface area (Å²) in [7, 11) is 1.60. The van der Waals surface area contributed by atoms with Crippen molar-refractivity contribution in [1.29, 1.82) is 0 Å². The lowest BCUT2D eigenvalue weighted by Crippen LogP contribution is -2.08. The fourth-order valence-corrected chi connectivity index (χ4v) is 2.32. The molecule has 7 heteroatoms. The summed E-state index contributed by atoms with van der Waals surface area (Å²) in [5.74, 6) is 0. The Balaban J connectivity index is 3.01. The second kappa shape index (κ2) is 6.04. The minimum atomic E-state index is -3.79. The van der Waals surface area contributed by atoms with E-state index in [1.165, 1.54) is 6.20 Å². The van der Waals surface area contributed by atoms with Crippen molar-refractivity contribution in [2.75, 3.05) is 0 Å². The third kappa shape index (κ3) is 3.96. The molecule has 0 fully saturated rings. The first kappa shape index (κ1) is 15.5. The van der Waals surface area contributed by atoms with Crippen molar-refractivity contribution in [2.45, 2.75) is 57.8 Å². The van der Waals surface area contributed by atoms with Crippen LogP contribution in [0.1, 0.15) is 45.9 Å².